The Balaban J connectivity index is 2.00. The van der Waals surface area contributed by atoms with E-state index in [9.17, 15) is 8.42 Å². The first-order valence-corrected chi connectivity index (χ1v) is 7.75. The fourth-order valence-corrected chi connectivity index (χ4v) is 3.01. The van der Waals surface area contributed by atoms with Gasteiger partial charge in [-0.05, 0) is 30.2 Å². The quantitative estimate of drug-likeness (QED) is 0.807. The van der Waals surface area contributed by atoms with Crippen molar-refractivity contribution in [1.82, 2.24) is 14.3 Å². The molecule has 3 N–H and O–H groups in total. The van der Waals surface area contributed by atoms with Gasteiger partial charge in [0, 0.05) is 44.4 Å². The Morgan fingerprint density at radius 3 is 2.65 bits per heavy atom. The van der Waals surface area contributed by atoms with Crippen LogP contribution < -0.4 is 10.5 Å². The fraction of sp³-hybridized carbons (Fsp3) is 0.308. The number of aryl methyl sites for hydroxylation is 1. The second kappa shape index (κ2) is 6.17. The van der Waals surface area contributed by atoms with Crippen molar-refractivity contribution in [2.45, 2.75) is 17.9 Å². The van der Waals surface area contributed by atoms with E-state index >= 15 is 0 Å². The molecule has 20 heavy (non-hydrogen) atoms. The molecule has 6 nitrogen and oxygen atoms in total. The molecule has 0 radical (unpaired) electrons. The first-order valence-electron chi connectivity index (χ1n) is 6.27. The Morgan fingerprint density at radius 1 is 1.35 bits per heavy atom. The summed E-state index contributed by atoms with van der Waals surface area (Å²) in [6, 6.07) is 5.32. The molecule has 2 aromatic rings. The number of nitrogens with two attached hydrogens (primary N) is 1. The topological polar surface area (TPSA) is 90.0 Å². The predicted molar refractivity (Wildman–Crippen MR) is 76.4 cm³/mol. The zero-order valence-corrected chi connectivity index (χ0v) is 12.1. The molecule has 0 atom stereocenters. The molecule has 0 amide bonds. The monoisotopic (exact) mass is 294 g/mol. The molecule has 0 aliphatic carbocycles. The van der Waals surface area contributed by atoms with Crippen LogP contribution in [-0.2, 0) is 30.0 Å². The summed E-state index contributed by atoms with van der Waals surface area (Å²) in [7, 11) is -1.71. The van der Waals surface area contributed by atoms with Gasteiger partial charge < -0.3 is 10.3 Å². The fourth-order valence-electron chi connectivity index (χ4n) is 1.89. The van der Waals surface area contributed by atoms with E-state index in [1.54, 1.807) is 36.3 Å². The molecule has 0 aliphatic rings. The minimum Gasteiger partial charge on any atom is -0.352 e. The molecule has 0 aromatic carbocycles. The Morgan fingerprint density at radius 2 is 2.05 bits per heavy atom. The maximum absolute atomic E-state index is 12.1. The minimum absolute atomic E-state index is 0.246. The van der Waals surface area contributed by atoms with Crippen molar-refractivity contribution in [3.8, 4) is 0 Å². The van der Waals surface area contributed by atoms with E-state index in [1.807, 2.05) is 12.1 Å². The van der Waals surface area contributed by atoms with Gasteiger partial charge in [-0.3, -0.25) is 4.98 Å². The van der Waals surface area contributed by atoms with Gasteiger partial charge in [0.2, 0.25) is 10.0 Å². The van der Waals surface area contributed by atoms with Gasteiger partial charge in [0.1, 0.15) is 0 Å². The second-order valence-corrected chi connectivity index (χ2v) is 6.25. The molecule has 2 heterocycles. The summed E-state index contributed by atoms with van der Waals surface area (Å²) in [6.45, 7) is 0.655. The maximum atomic E-state index is 12.1. The van der Waals surface area contributed by atoms with Crippen LogP contribution in [0.3, 0.4) is 0 Å². The highest BCUT2D eigenvalue weighted by molar-refractivity contribution is 7.89. The summed E-state index contributed by atoms with van der Waals surface area (Å²) in [4.78, 5) is 4.16. The zero-order valence-electron chi connectivity index (χ0n) is 11.3. The van der Waals surface area contributed by atoms with Crippen LogP contribution in [0.25, 0.3) is 0 Å². The molecular weight excluding hydrogens is 276 g/mol. The lowest BCUT2D eigenvalue weighted by Crippen LogP contribution is -2.25. The molecular formula is C13H18N4O2S. The maximum Gasteiger partial charge on any atom is 0.242 e. The number of nitrogens with zero attached hydrogens (tertiary/aromatic N) is 2. The summed E-state index contributed by atoms with van der Waals surface area (Å²) < 4.78 is 28.6. The van der Waals surface area contributed by atoms with Crippen molar-refractivity contribution in [1.29, 1.82) is 0 Å². The van der Waals surface area contributed by atoms with E-state index in [2.05, 4.69) is 9.71 Å². The van der Waals surface area contributed by atoms with Crippen LogP contribution in [0.5, 0.6) is 0 Å². The average molecular weight is 294 g/mol. The lowest BCUT2D eigenvalue weighted by molar-refractivity contribution is 0.581. The van der Waals surface area contributed by atoms with Gasteiger partial charge in [-0.15, -0.1) is 0 Å². The van der Waals surface area contributed by atoms with Crippen molar-refractivity contribution in [3.05, 3.63) is 48.0 Å². The minimum atomic E-state index is -3.48. The van der Waals surface area contributed by atoms with Crippen LogP contribution in [0.2, 0.25) is 0 Å². The molecule has 0 spiro atoms. The summed E-state index contributed by atoms with van der Waals surface area (Å²) in [5.74, 6) is 0. The van der Waals surface area contributed by atoms with Crippen LogP contribution in [0.4, 0.5) is 0 Å². The van der Waals surface area contributed by atoms with Crippen molar-refractivity contribution in [3.63, 3.8) is 0 Å². The van der Waals surface area contributed by atoms with E-state index in [-0.39, 0.29) is 4.90 Å². The van der Waals surface area contributed by atoms with Crippen LogP contribution in [0, 0.1) is 0 Å². The van der Waals surface area contributed by atoms with E-state index in [0.29, 0.717) is 19.5 Å². The van der Waals surface area contributed by atoms with Crippen molar-refractivity contribution in [2.75, 3.05) is 6.54 Å². The van der Waals surface area contributed by atoms with Crippen molar-refractivity contribution < 1.29 is 8.42 Å². The number of sulfonamides is 1. The smallest absolute Gasteiger partial charge is 0.242 e. The summed E-state index contributed by atoms with van der Waals surface area (Å²) in [5, 5.41) is 0. The number of nitrogens with one attached hydrogen (secondary N) is 1. The standard InChI is InChI=1S/C13H18N4O2S/c1-17-10-13(8-12(17)9-14)20(18,19)16-7-4-11-2-5-15-6-3-11/h2-3,5-6,8,10,16H,4,7,9,14H2,1H3. The first kappa shape index (κ1) is 14.7. The molecule has 0 saturated carbocycles. The van der Waals surface area contributed by atoms with E-state index in [0.717, 1.165) is 11.3 Å². The molecule has 0 unspecified atom stereocenters. The molecule has 0 saturated heterocycles. The van der Waals surface area contributed by atoms with Gasteiger partial charge in [0.05, 0.1) is 4.90 Å². The van der Waals surface area contributed by atoms with Crippen LogP contribution in [0.15, 0.2) is 41.7 Å². The molecule has 0 aliphatic heterocycles. The second-order valence-electron chi connectivity index (χ2n) is 4.49. The first-order chi connectivity index (χ1) is 9.53. The number of hydrogen-bond acceptors (Lipinski definition) is 4. The third-order valence-electron chi connectivity index (χ3n) is 3.06. The largest absolute Gasteiger partial charge is 0.352 e. The van der Waals surface area contributed by atoms with Gasteiger partial charge in [-0.25, -0.2) is 13.1 Å². The average Bonchev–Trinajstić information content (AvgIpc) is 2.82. The van der Waals surface area contributed by atoms with E-state index in [4.69, 9.17) is 5.73 Å². The third kappa shape index (κ3) is 3.44. The highest BCUT2D eigenvalue weighted by Crippen LogP contribution is 2.12. The van der Waals surface area contributed by atoms with Crippen molar-refractivity contribution in [2.24, 2.45) is 12.8 Å². The van der Waals surface area contributed by atoms with Gasteiger partial charge in [0.15, 0.2) is 0 Å². The highest BCUT2D eigenvalue weighted by atomic mass is 32.2. The van der Waals surface area contributed by atoms with Gasteiger partial charge in [-0.2, -0.15) is 0 Å². The predicted octanol–water partition coefficient (Wildman–Crippen LogP) is 0.400. The Kier molecular flexibility index (Phi) is 4.53. The number of rotatable bonds is 6. The highest BCUT2D eigenvalue weighted by Gasteiger charge is 2.16. The van der Waals surface area contributed by atoms with E-state index < -0.39 is 10.0 Å². The molecule has 2 aromatic heterocycles. The molecule has 0 fully saturated rings. The van der Waals surface area contributed by atoms with Gasteiger partial charge >= 0.3 is 0 Å². The Hall–Kier alpha value is -1.70. The van der Waals surface area contributed by atoms with Gasteiger partial charge in [-0.1, -0.05) is 0 Å². The molecule has 7 heteroatoms. The number of aromatic nitrogens is 2. The number of hydrogen-bond donors (Lipinski definition) is 2. The summed E-state index contributed by atoms with van der Waals surface area (Å²) in [6.07, 6.45) is 5.57. The summed E-state index contributed by atoms with van der Waals surface area (Å²) in [5.41, 5.74) is 7.36. The van der Waals surface area contributed by atoms with Crippen LogP contribution in [-0.4, -0.2) is 24.5 Å². The lowest BCUT2D eigenvalue weighted by atomic mass is 10.2. The Bertz CT molecular complexity index is 665. The summed E-state index contributed by atoms with van der Waals surface area (Å²) >= 11 is 0. The van der Waals surface area contributed by atoms with Crippen LogP contribution in [0.1, 0.15) is 11.3 Å². The van der Waals surface area contributed by atoms with E-state index in [1.165, 1.54) is 0 Å². The molecule has 108 valence electrons. The SMILES string of the molecule is Cn1cc(S(=O)(=O)NCCc2ccncc2)cc1CN. The van der Waals surface area contributed by atoms with Gasteiger partial charge in [0.25, 0.3) is 0 Å². The number of pyridine rings is 1. The Labute approximate surface area is 118 Å². The molecule has 2 rings (SSSR count). The lowest BCUT2D eigenvalue weighted by Gasteiger charge is -2.04. The molecule has 0 bridgehead atoms. The normalized spacial score (nSPS) is 11.7. The zero-order chi connectivity index (χ0) is 14.6. The van der Waals surface area contributed by atoms with Crippen molar-refractivity contribution >= 4 is 10.0 Å². The van der Waals surface area contributed by atoms with Crippen LogP contribution >= 0.6 is 0 Å². The third-order valence-corrected chi connectivity index (χ3v) is 4.49.